The summed E-state index contributed by atoms with van der Waals surface area (Å²) in [6, 6.07) is 24.7. The Morgan fingerprint density at radius 3 is 2.03 bits per heavy atom. The molecule has 1 heteroatoms. The molecule has 4 bridgehead atoms. The highest BCUT2D eigenvalue weighted by molar-refractivity contribution is 5.93. The molecule has 0 aliphatic heterocycles. The predicted molar refractivity (Wildman–Crippen MR) is 120 cm³/mol. The highest BCUT2D eigenvalue weighted by atomic mass is 14.7. The highest BCUT2D eigenvalue weighted by Crippen LogP contribution is 2.70. The van der Waals surface area contributed by atoms with Gasteiger partial charge in [-0.25, -0.2) is 0 Å². The lowest BCUT2D eigenvalue weighted by Gasteiger charge is -2.61. The molecule has 0 unspecified atom stereocenters. The van der Waals surface area contributed by atoms with Gasteiger partial charge in [0.2, 0.25) is 0 Å². The number of nitrogens with two attached hydrogens (primary N) is 1. The first-order valence-corrected chi connectivity index (χ1v) is 11.3. The fraction of sp³-hybridized carbons (Fsp3) is 0.357. The van der Waals surface area contributed by atoms with Gasteiger partial charge in [0.25, 0.3) is 0 Å². The molecule has 0 aromatic heterocycles. The van der Waals surface area contributed by atoms with E-state index in [-0.39, 0.29) is 5.41 Å². The first kappa shape index (κ1) is 16.3. The van der Waals surface area contributed by atoms with Crippen LogP contribution in [0.2, 0.25) is 0 Å². The van der Waals surface area contributed by atoms with Crippen LogP contribution in [-0.2, 0) is 5.41 Å². The van der Waals surface area contributed by atoms with Crippen LogP contribution in [-0.4, -0.2) is 0 Å². The lowest BCUT2D eigenvalue weighted by molar-refractivity contribution is -0.0397. The number of benzene rings is 3. The fourth-order valence-corrected chi connectivity index (χ4v) is 8.18. The molecule has 4 saturated carbocycles. The van der Waals surface area contributed by atoms with Crippen LogP contribution >= 0.6 is 0 Å². The molecule has 144 valence electrons. The molecule has 1 spiro atoms. The van der Waals surface area contributed by atoms with E-state index in [0.717, 1.165) is 29.4 Å². The molecule has 3 aromatic carbocycles. The lowest BCUT2D eigenvalue weighted by Crippen LogP contribution is -2.55. The molecular weight excluding hydrogens is 350 g/mol. The Kier molecular flexibility index (Phi) is 3.11. The summed E-state index contributed by atoms with van der Waals surface area (Å²) in [6.07, 6.45) is 7.11. The van der Waals surface area contributed by atoms with Crippen LogP contribution in [0.5, 0.6) is 0 Å². The van der Waals surface area contributed by atoms with Gasteiger partial charge < -0.3 is 5.73 Å². The summed E-state index contributed by atoms with van der Waals surface area (Å²) in [4.78, 5) is 0. The Morgan fingerprint density at radius 2 is 1.31 bits per heavy atom. The minimum Gasteiger partial charge on any atom is -0.398 e. The Bertz CT molecular complexity index is 1100. The van der Waals surface area contributed by atoms with Crippen LogP contribution in [0, 0.1) is 23.7 Å². The van der Waals surface area contributed by atoms with Crippen molar-refractivity contribution < 1.29 is 0 Å². The van der Waals surface area contributed by atoms with Crippen molar-refractivity contribution in [2.75, 3.05) is 5.73 Å². The molecule has 0 heterocycles. The van der Waals surface area contributed by atoms with Gasteiger partial charge in [-0.3, -0.25) is 0 Å². The second-order valence-electron chi connectivity index (χ2n) is 10.0. The van der Waals surface area contributed by atoms with E-state index in [9.17, 15) is 0 Å². The SMILES string of the molecule is Nc1ccc2c(c1-c1ccccc1)C1(c3ccccc3-2)C2CC3CC(C2)CC1C3. The van der Waals surface area contributed by atoms with Crippen LogP contribution in [0.4, 0.5) is 5.69 Å². The number of hydrogen-bond donors (Lipinski definition) is 1. The third-order valence-electron chi connectivity index (χ3n) is 8.80. The van der Waals surface area contributed by atoms with Gasteiger partial charge in [0.05, 0.1) is 0 Å². The van der Waals surface area contributed by atoms with Crippen molar-refractivity contribution in [3.8, 4) is 22.3 Å². The number of hydrogen-bond acceptors (Lipinski definition) is 1. The summed E-state index contributed by atoms with van der Waals surface area (Å²) in [7, 11) is 0. The summed E-state index contributed by atoms with van der Waals surface area (Å²) in [5.41, 5.74) is 16.5. The molecule has 1 nitrogen and oxygen atoms in total. The molecule has 29 heavy (non-hydrogen) atoms. The second kappa shape index (κ2) is 5.53. The lowest BCUT2D eigenvalue weighted by atomic mass is 9.42. The summed E-state index contributed by atoms with van der Waals surface area (Å²) >= 11 is 0. The third-order valence-corrected chi connectivity index (χ3v) is 8.80. The van der Waals surface area contributed by atoms with Crippen molar-refractivity contribution in [2.24, 2.45) is 23.7 Å². The molecule has 3 aromatic rings. The Hall–Kier alpha value is -2.54. The summed E-state index contributed by atoms with van der Waals surface area (Å²) in [5.74, 6) is 3.46. The number of fused-ring (bicyclic) bond motifs is 3. The summed E-state index contributed by atoms with van der Waals surface area (Å²) in [5, 5.41) is 0. The van der Waals surface area contributed by atoms with Crippen molar-refractivity contribution in [3.05, 3.63) is 77.9 Å². The quantitative estimate of drug-likeness (QED) is 0.472. The smallest absolute Gasteiger partial charge is 0.0397 e. The molecule has 5 aliphatic carbocycles. The minimum atomic E-state index is 0.167. The van der Waals surface area contributed by atoms with E-state index >= 15 is 0 Å². The minimum absolute atomic E-state index is 0.167. The van der Waals surface area contributed by atoms with Gasteiger partial charge in [-0.2, -0.15) is 0 Å². The second-order valence-corrected chi connectivity index (χ2v) is 10.0. The molecule has 0 saturated heterocycles. The topological polar surface area (TPSA) is 26.0 Å². The standard InChI is InChI=1S/C28H27N/c29-25-11-10-23-22-8-4-5-9-24(22)28(27(23)26(25)19-6-2-1-3-7-19)20-13-17-12-18(15-20)16-21(28)14-17/h1-11,17-18,20-21H,12-16,29H2. The molecule has 8 rings (SSSR count). The summed E-state index contributed by atoms with van der Waals surface area (Å²) < 4.78 is 0. The Morgan fingerprint density at radius 1 is 0.655 bits per heavy atom. The summed E-state index contributed by atoms with van der Waals surface area (Å²) in [6.45, 7) is 0. The molecular formula is C28H27N. The van der Waals surface area contributed by atoms with Gasteiger partial charge in [-0.05, 0) is 89.7 Å². The maximum Gasteiger partial charge on any atom is 0.0397 e. The maximum absolute atomic E-state index is 6.74. The zero-order valence-corrected chi connectivity index (χ0v) is 16.8. The van der Waals surface area contributed by atoms with E-state index < -0.39 is 0 Å². The average Bonchev–Trinajstić information content (AvgIpc) is 3.03. The third kappa shape index (κ3) is 1.92. The van der Waals surface area contributed by atoms with Gasteiger partial charge in [0, 0.05) is 16.7 Å². The van der Waals surface area contributed by atoms with E-state index in [0.29, 0.717) is 0 Å². The Balaban J connectivity index is 1.60. The van der Waals surface area contributed by atoms with Crippen molar-refractivity contribution >= 4 is 5.69 Å². The molecule has 0 atom stereocenters. The van der Waals surface area contributed by atoms with Gasteiger partial charge >= 0.3 is 0 Å². The van der Waals surface area contributed by atoms with Gasteiger partial charge in [0.15, 0.2) is 0 Å². The first-order chi connectivity index (χ1) is 14.3. The van der Waals surface area contributed by atoms with E-state index in [4.69, 9.17) is 5.73 Å². The number of nitrogen functional groups attached to an aromatic ring is 1. The van der Waals surface area contributed by atoms with Gasteiger partial charge in [-0.1, -0.05) is 60.7 Å². The van der Waals surface area contributed by atoms with Crippen LogP contribution < -0.4 is 5.73 Å². The largest absolute Gasteiger partial charge is 0.398 e. The zero-order chi connectivity index (χ0) is 19.2. The zero-order valence-electron chi connectivity index (χ0n) is 16.8. The maximum atomic E-state index is 6.74. The molecule has 2 N–H and O–H groups in total. The van der Waals surface area contributed by atoms with Crippen LogP contribution in [0.3, 0.4) is 0 Å². The number of rotatable bonds is 1. The van der Waals surface area contributed by atoms with E-state index in [1.807, 2.05) is 0 Å². The van der Waals surface area contributed by atoms with Crippen LogP contribution in [0.15, 0.2) is 66.7 Å². The number of anilines is 1. The normalized spacial score (nSPS) is 33.1. The van der Waals surface area contributed by atoms with Gasteiger partial charge in [0.1, 0.15) is 0 Å². The van der Waals surface area contributed by atoms with Crippen molar-refractivity contribution in [1.82, 2.24) is 0 Å². The van der Waals surface area contributed by atoms with Crippen LogP contribution in [0.25, 0.3) is 22.3 Å². The van der Waals surface area contributed by atoms with Crippen LogP contribution in [0.1, 0.15) is 43.2 Å². The molecule has 0 amide bonds. The van der Waals surface area contributed by atoms with Crippen molar-refractivity contribution in [3.63, 3.8) is 0 Å². The molecule has 5 aliphatic rings. The average molecular weight is 378 g/mol. The molecule has 4 fully saturated rings. The van der Waals surface area contributed by atoms with Crippen molar-refractivity contribution in [2.45, 2.75) is 37.5 Å². The van der Waals surface area contributed by atoms with E-state index in [2.05, 4.69) is 66.7 Å². The van der Waals surface area contributed by atoms with Gasteiger partial charge in [-0.15, -0.1) is 0 Å². The Labute approximate surface area is 173 Å². The molecule has 0 radical (unpaired) electrons. The fourth-order valence-electron chi connectivity index (χ4n) is 8.18. The predicted octanol–water partition coefficient (Wildman–Crippen LogP) is 6.66. The van der Waals surface area contributed by atoms with Crippen molar-refractivity contribution in [1.29, 1.82) is 0 Å². The van der Waals surface area contributed by atoms with E-state index in [1.54, 1.807) is 11.1 Å². The monoisotopic (exact) mass is 377 g/mol. The highest BCUT2D eigenvalue weighted by Gasteiger charge is 2.62. The first-order valence-electron chi connectivity index (χ1n) is 11.3. The van der Waals surface area contributed by atoms with E-state index in [1.165, 1.54) is 54.4 Å².